The van der Waals surface area contributed by atoms with Crippen LogP contribution in [0.4, 0.5) is 5.13 Å². The van der Waals surface area contributed by atoms with E-state index in [-0.39, 0.29) is 0 Å². The Morgan fingerprint density at radius 1 is 1.47 bits per heavy atom. The van der Waals surface area contributed by atoms with Crippen LogP contribution in [0.2, 0.25) is 0 Å². The van der Waals surface area contributed by atoms with Gasteiger partial charge in [0.1, 0.15) is 0 Å². The summed E-state index contributed by atoms with van der Waals surface area (Å²) < 4.78 is 0. The maximum absolute atomic E-state index is 4.47. The van der Waals surface area contributed by atoms with Gasteiger partial charge in [-0.3, -0.25) is 0 Å². The standard InChI is InChI=1S/C10H11N3S2/c1-11-10-13-7(5-14-10)8-4-12-9(15-8)6-2-3-6/h4-6H,2-3H2,1H3,(H,11,13). The van der Waals surface area contributed by atoms with Gasteiger partial charge in [-0.1, -0.05) is 0 Å². The third-order valence-corrected chi connectivity index (χ3v) is 4.46. The third-order valence-electron chi connectivity index (χ3n) is 2.42. The molecule has 0 aliphatic heterocycles. The molecule has 78 valence electrons. The first kappa shape index (κ1) is 9.30. The van der Waals surface area contributed by atoms with Crippen molar-refractivity contribution in [2.75, 3.05) is 12.4 Å². The summed E-state index contributed by atoms with van der Waals surface area (Å²) in [6, 6.07) is 0. The molecule has 0 unspecified atom stereocenters. The molecule has 1 N–H and O–H groups in total. The molecule has 1 saturated carbocycles. The summed E-state index contributed by atoms with van der Waals surface area (Å²) in [4.78, 5) is 10.1. The van der Waals surface area contributed by atoms with Crippen LogP contribution in [-0.2, 0) is 0 Å². The number of hydrogen-bond donors (Lipinski definition) is 1. The number of nitrogens with one attached hydrogen (secondary N) is 1. The van der Waals surface area contributed by atoms with E-state index in [0.717, 1.165) is 16.7 Å². The van der Waals surface area contributed by atoms with Crippen molar-refractivity contribution in [1.29, 1.82) is 0 Å². The number of anilines is 1. The maximum Gasteiger partial charge on any atom is 0.182 e. The molecule has 1 aliphatic rings. The summed E-state index contributed by atoms with van der Waals surface area (Å²) in [5, 5.41) is 7.38. The van der Waals surface area contributed by atoms with Crippen LogP contribution in [0, 0.1) is 0 Å². The zero-order valence-electron chi connectivity index (χ0n) is 8.36. The third kappa shape index (κ3) is 1.77. The van der Waals surface area contributed by atoms with E-state index in [2.05, 4.69) is 20.7 Å². The number of aromatic nitrogens is 2. The first-order chi connectivity index (χ1) is 7.36. The lowest BCUT2D eigenvalue weighted by molar-refractivity contribution is 1.08. The number of rotatable bonds is 3. The summed E-state index contributed by atoms with van der Waals surface area (Å²) in [6.45, 7) is 0. The highest BCUT2D eigenvalue weighted by Crippen LogP contribution is 2.43. The molecule has 0 atom stereocenters. The van der Waals surface area contributed by atoms with Crippen molar-refractivity contribution in [3.63, 3.8) is 0 Å². The van der Waals surface area contributed by atoms with Crippen molar-refractivity contribution in [2.45, 2.75) is 18.8 Å². The van der Waals surface area contributed by atoms with Gasteiger partial charge in [-0.2, -0.15) is 0 Å². The average molecular weight is 237 g/mol. The minimum absolute atomic E-state index is 0.742. The number of thiazole rings is 2. The Hall–Kier alpha value is -0.940. The first-order valence-corrected chi connectivity index (χ1v) is 6.66. The van der Waals surface area contributed by atoms with E-state index in [4.69, 9.17) is 0 Å². The largest absolute Gasteiger partial charge is 0.365 e. The van der Waals surface area contributed by atoms with E-state index >= 15 is 0 Å². The molecular formula is C10H11N3S2. The monoisotopic (exact) mass is 237 g/mol. The quantitative estimate of drug-likeness (QED) is 0.891. The lowest BCUT2D eigenvalue weighted by atomic mass is 10.4. The Balaban J connectivity index is 1.90. The number of nitrogens with zero attached hydrogens (tertiary/aromatic N) is 2. The molecule has 2 heterocycles. The van der Waals surface area contributed by atoms with Crippen molar-refractivity contribution in [3.05, 3.63) is 16.6 Å². The minimum atomic E-state index is 0.742. The van der Waals surface area contributed by atoms with Crippen molar-refractivity contribution in [1.82, 2.24) is 9.97 Å². The van der Waals surface area contributed by atoms with Gasteiger partial charge in [-0.15, -0.1) is 22.7 Å². The fraction of sp³-hybridized carbons (Fsp3) is 0.400. The van der Waals surface area contributed by atoms with Crippen molar-refractivity contribution < 1.29 is 0 Å². The second-order valence-corrected chi connectivity index (χ2v) is 5.55. The van der Waals surface area contributed by atoms with E-state index in [1.54, 1.807) is 22.7 Å². The van der Waals surface area contributed by atoms with E-state index in [0.29, 0.717) is 0 Å². The molecule has 5 heteroatoms. The van der Waals surface area contributed by atoms with Crippen LogP contribution in [0.25, 0.3) is 10.6 Å². The molecule has 0 bridgehead atoms. The summed E-state index contributed by atoms with van der Waals surface area (Å²) in [7, 11) is 1.89. The topological polar surface area (TPSA) is 37.8 Å². The smallest absolute Gasteiger partial charge is 0.182 e. The molecule has 0 spiro atoms. The molecule has 15 heavy (non-hydrogen) atoms. The van der Waals surface area contributed by atoms with Gasteiger partial charge >= 0.3 is 0 Å². The molecular weight excluding hydrogens is 226 g/mol. The van der Waals surface area contributed by atoms with Gasteiger partial charge in [0.2, 0.25) is 0 Å². The van der Waals surface area contributed by atoms with Gasteiger partial charge in [0.15, 0.2) is 5.13 Å². The average Bonchev–Trinajstić information content (AvgIpc) is 2.84. The molecule has 1 aliphatic carbocycles. The lowest BCUT2D eigenvalue weighted by Gasteiger charge is -1.89. The molecule has 0 radical (unpaired) electrons. The maximum atomic E-state index is 4.47. The lowest BCUT2D eigenvalue weighted by Crippen LogP contribution is -1.84. The predicted molar refractivity (Wildman–Crippen MR) is 64.7 cm³/mol. The SMILES string of the molecule is CNc1nc(-c2cnc(C3CC3)s2)cs1. The van der Waals surface area contributed by atoms with Crippen molar-refractivity contribution in [3.8, 4) is 10.6 Å². The summed E-state index contributed by atoms with van der Waals surface area (Å²) in [6.07, 6.45) is 4.57. The second-order valence-electron chi connectivity index (χ2n) is 3.62. The van der Waals surface area contributed by atoms with Crippen molar-refractivity contribution >= 4 is 27.8 Å². The number of hydrogen-bond acceptors (Lipinski definition) is 5. The van der Waals surface area contributed by atoms with Crippen LogP contribution in [0.15, 0.2) is 11.6 Å². The van der Waals surface area contributed by atoms with Crippen molar-refractivity contribution in [2.24, 2.45) is 0 Å². The molecule has 3 rings (SSSR count). The summed E-state index contributed by atoms with van der Waals surface area (Å²) in [5.41, 5.74) is 1.05. The zero-order chi connectivity index (χ0) is 10.3. The fourth-order valence-electron chi connectivity index (χ4n) is 1.43. The fourth-order valence-corrected chi connectivity index (χ4v) is 3.22. The molecule has 0 amide bonds. The van der Waals surface area contributed by atoms with Gasteiger partial charge in [-0.25, -0.2) is 9.97 Å². The highest BCUT2D eigenvalue weighted by atomic mass is 32.1. The normalized spacial score (nSPS) is 15.5. The van der Waals surface area contributed by atoms with Gasteiger partial charge < -0.3 is 5.32 Å². The Kier molecular flexibility index (Phi) is 2.21. The van der Waals surface area contributed by atoms with Crippen LogP contribution in [0.1, 0.15) is 23.8 Å². The summed E-state index contributed by atoms with van der Waals surface area (Å²) in [5.74, 6) is 0.742. The zero-order valence-corrected chi connectivity index (χ0v) is 9.99. The molecule has 2 aromatic heterocycles. The van der Waals surface area contributed by atoms with Gasteiger partial charge in [0.05, 0.1) is 15.6 Å². The highest BCUT2D eigenvalue weighted by molar-refractivity contribution is 7.16. The second kappa shape index (κ2) is 3.57. The van der Waals surface area contributed by atoms with Crippen LogP contribution in [0.5, 0.6) is 0 Å². The molecule has 1 fully saturated rings. The first-order valence-electron chi connectivity index (χ1n) is 4.96. The molecule has 3 nitrogen and oxygen atoms in total. The van der Waals surface area contributed by atoms with Crippen LogP contribution in [-0.4, -0.2) is 17.0 Å². The van der Waals surface area contributed by atoms with E-state index in [1.807, 2.05) is 13.2 Å². The van der Waals surface area contributed by atoms with Crippen LogP contribution < -0.4 is 5.32 Å². The molecule has 0 aromatic carbocycles. The summed E-state index contributed by atoms with van der Waals surface area (Å²) >= 11 is 3.42. The van der Waals surface area contributed by atoms with E-state index in [9.17, 15) is 0 Å². The minimum Gasteiger partial charge on any atom is -0.365 e. The Morgan fingerprint density at radius 2 is 2.33 bits per heavy atom. The van der Waals surface area contributed by atoms with Crippen LogP contribution >= 0.6 is 22.7 Å². The van der Waals surface area contributed by atoms with Gasteiger partial charge in [-0.05, 0) is 12.8 Å². The Bertz CT molecular complexity index is 470. The van der Waals surface area contributed by atoms with Gasteiger partial charge in [0.25, 0.3) is 0 Å². The van der Waals surface area contributed by atoms with E-state index in [1.165, 1.54) is 22.7 Å². The van der Waals surface area contributed by atoms with Gasteiger partial charge in [0, 0.05) is 24.5 Å². The predicted octanol–water partition coefficient (Wildman–Crippen LogP) is 3.19. The Morgan fingerprint density at radius 3 is 3.00 bits per heavy atom. The Labute approximate surface area is 96.2 Å². The van der Waals surface area contributed by atoms with E-state index < -0.39 is 0 Å². The van der Waals surface area contributed by atoms with Crippen LogP contribution in [0.3, 0.4) is 0 Å². The highest BCUT2D eigenvalue weighted by Gasteiger charge is 2.26. The molecule has 2 aromatic rings. The molecule has 0 saturated heterocycles.